The van der Waals surface area contributed by atoms with E-state index in [-0.39, 0.29) is 11.7 Å². The van der Waals surface area contributed by atoms with Crippen molar-refractivity contribution in [3.8, 4) is 11.5 Å². The number of fused-ring (bicyclic) bond motifs is 1. The number of hydrogen-bond acceptors (Lipinski definition) is 7. The van der Waals surface area contributed by atoms with Crippen LogP contribution in [0.3, 0.4) is 0 Å². The van der Waals surface area contributed by atoms with Gasteiger partial charge >= 0.3 is 0 Å². The lowest BCUT2D eigenvalue weighted by Gasteiger charge is -2.10. The Kier molecular flexibility index (Phi) is 5.75. The van der Waals surface area contributed by atoms with E-state index in [1.165, 1.54) is 11.8 Å². The number of nitrogens with zero attached hydrogens (tertiary/aromatic N) is 4. The van der Waals surface area contributed by atoms with Gasteiger partial charge in [-0.2, -0.15) is 0 Å². The van der Waals surface area contributed by atoms with Gasteiger partial charge in [-0.3, -0.25) is 4.79 Å². The molecular weight excluding hydrogens is 342 g/mol. The number of thioether (sulfide) groups is 1. The van der Waals surface area contributed by atoms with E-state index in [0.29, 0.717) is 41.5 Å². The van der Waals surface area contributed by atoms with E-state index in [2.05, 4.69) is 34.7 Å². The fourth-order valence-corrected chi connectivity index (χ4v) is 3.02. The van der Waals surface area contributed by atoms with Crippen molar-refractivity contribution >= 4 is 23.4 Å². The molecule has 0 bridgehead atoms. The molecule has 0 saturated carbocycles. The molecule has 0 saturated heterocycles. The highest BCUT2D eigenvalue weighted by atomic mass is 32.2. The van der Waals surface area contributed by atoms with Gasteiger partial charge in [-0.05, 0) is 28.5 Å². The Morgan fingerprint density at radius 1 is 1.32 bits per heavy atom. The molecule has 2 aromatic rings. The minimum atomic E-state index is -0.126. The maximum absolute atomic E-state index is 12.2. The maximum atomic E-state index is 12.2. The number of nitrogens with one attached hydrogen (secondary N) is 1. The fourth-order valence-electron chi connectivity index (χ4n) is 2.33. The third-order valence-electron chi connectivity index (χ3n) is 3.40. The van der Waals surface area contributed by atoms with Crippen LogP contribution in [0.2, 0.25) is 0 Å². The zero-order valence-electron chi connectivity index (χ0n) is 14.3. The Morgan fingerprint density at radius 2 is 2.12 bits per heavy atom. The minimum Gasteiger partial charge on any atom is -0.490 e. The largest absolute Gasteiger partial charge is 0.490 e. The SMILES string of the molecule is CC(C)Cn1nnnc1SCC(=O)Nc1ccc2c(c1)OCCCO2. The Hall–Kier alpha value is -2.29. The first-order chi connectivity index (χ1) is 12.1. The highest BCUT2D eigenvalue weighted by Gasteiger charge is 2.14. The summed E-state index contributed by atoms with van der Waals surface area (Å²) in [4.78, 5) is 12.2. The van der Waals surface area contributed by atoms with E-state index in [0.717, 1.165) is 13.0 Å². The van der Waals surface area contributed by atoms with Crippen molar-refractivity contribution in [2.24, 2.45) is 5.92 Å². The summed E-state index contributed by atoms with van der Waals surface area (Å²) >= 11 is 1.31. The Labute approximate surface area is 150 Å². The van der Waals surface area contributed by atoms with Gasteiger partial charge in [-0.1, -0.05) is 25.6 Å². The third-order valence-corrected chi connectivity index (χ3v) is 4.36. The van der Waals surface area contributed by atoms with Crippen LogP contribution in [-0.2, 0) is 11.3 Å². The third kappa shape index (κ3) is 4.85. The van der Waals surface area contributed by atoms with Crippen LogP contribution in [-0.4, -0.2) is 45.1 Å². The summed E-state index contributed by atoms with van der Waals surface area (Å²) in [6.07, 6.45) is 0.845. The first-order valence-corrected chi connectivity index (χ1v) is 9.19. The second-order valence-electron chi connectivity index (χ2n) is 6.09. The lowest BCUT2D eigenvalue weighted by Crippen LogP contribution is -2.15. The molecule has 1 aliphatic rings. The van der Waals surface area contributed by atoms with E-state index < -0.39 is 0 Å². The zero-order valence-corrected chi connectivity index (χ0v) is 15.1. The van der Waals surface area contributed by atoms with Crippen molar-refractivity contribution in [1.29, 1.82) is 0 Å². The molecular formula is C16H21N5O3S. The second-order valence-corrected chi connectivity index (χ2v) is 7.03. The topological polar surface area (TPSA) is 91.2 Å². The van der Waals surface area contributed by atoms with Crippen LogP contribution in [0.5, 0.6) is 11.5 Å². The molecule has 1 N–H and O–H groups in total. The van der Waals surface area contributed by atoms with Gasteiger partial charge in [0, 0.05) is 24.7 Å². The van der Waals surface area contributed by atoms with Crippen LogP contribution >= 0.6 is 11.8 Å². The summed E-state index contributed by atoms with van der Waals surface area (Å²) in [6.45, 7) is 6.15. The predicted molar refractivity (Wildman–Crippen MR) is 94.1 cm³/mol. The van der Waals surface area contributed by atoms with Crippen LogP contribution < -0.4 is 14.8 Å². The monoisotopic (exact) mass is 363 g/mol. The molecule has 3 rings (SSSR count). The van der Waals surface area contributed by atoms with Gasteiger partial charge < -0.3 is 14.8 Å². The Morgan fingerprint density at radius 3 is 2.92 bits per heavy atom. The number of hydrogen-bond donors (Lipinski definition) is 1. The van der Waals surface area contributed by atoms with Crippen LogP contribution in [0.15, 0.2) is 23.4 Å². The molecule has 1 aromatic heterocycles. The fraction of sp³-hybridized carbons (Fsp3) is 0.500. The predicted octanol–water partition coefficient (Wildman–Crippen LogP) is 2.22. The number of amides is 1. The smallest absolute Gasteiger partial charge is 0.234 e. The number of aromatic nitrogens is 4. The lowest BCUT2D eigenvalue weighted by atomic mass is 10.2. The summed E-state index contributed by atoms with van der Waals surface area (Å²) < 4.78 is 12.9. The number of carbonyl (C=O) groups is 1. The van der Waals surface area contributed by atoms with E-state index in [4.69, 9.17) is 9.47 Å². The van der Waals surface area contributed by atoms with Crippen molar-refractivity contribution in [3.05, 3.63) is 18.2 Å². The van der Waals surface area contributed by atoms with Crippen molar-refractivity contribution in [3.63, 3.8) is 0 Å². The van der Waals surface area contributed by atoms with E-state index >= 15 is 0 Å². The summed E-state index contributed by atoms with van der Waals surface area (Å²) in [5, 5.41) is 15.1. The van der Waals surface area contributed by atoms with Gasteiger partial charge in [-0.25, -0.2) is 4.68 Å². The Bertz CT molecular complexity index is 734. The molecule has 1 aliphatic heterocycles. The molecule has 1 amide bonds. The number of benzene rings is 1. The molecule has 9 heteroatoms. The normalized spacial score (nSPS) is 13.6. The molecule has 0 unspecified atom stereocenters. The Balaban J connectivity index is 1.56. The quantitative estimate of drug-likeness (QED) is 0.787. The van der Waals surface area contributed by atoms with Gasteiger partial charge in [0.1, 0.15) is 0 Å². The van der Waals surface area contributed by atoms with Crippen LogP contribution in [0.1, 0.15) is 20.3 Å². The van der Waals surface area contributed by atoms with Crippen molar-refractivity contribution in [2.75, 3.05) is 24.3 Å². The molecule has 0 aliphatic carbocycles. The summed E-state index contributed by atoms with van der Waals surface area (Å²) in [6, 6.07) is 5.40. The van der Waals surface area contributed by atoms with Gasteiger partial charge in [0.2, 0.25) is 11.1 Å². The van der Waals surface area contributed by atoms with Gasteiger partial charge in [0.15, 0.2) is 11.5 Å². The van der Waals surface area contributed by atoms with Crippen molar-refractivity contribution in [1.82, 2.24) is 20.2 Å². The summed E-state index contributed by atoms with van der Waals surface area (Å²) in [5.41, 5.74) is 0.677. The summed E-state index contributed by atoms with van der Waals surface area (Å²) in [5.74, 6) is 1.89. The van der Waals surface area contributed by atoms with Gasteiger partial charge in [0.05, 0.1) is 19.0 Å². The number of rotatable bonds is 6. The number of carbonyl (C=O) groups excluding carboxylic acids is 1. The van der Waals surface area contributed by atoms with Crippen LogP contribution in [0.25, 0.3) is 0 Å². The second kappa shape index (κ2) is 8.19. The molecule has 0 fully saturated rings. The highest BCUT2D eigenvalue weighted by molar-refractivity contribution is 7.99. The number of tetrazole rings is 1. The van der Waals surface area contributed by atoms with E-state index in [1.807, 2.05) is 6.07 Å². The maximum Gasteiger partial charge on any atom is 0.234 e. The first-order valence-electron chi connectivity index (χ1n) is 8.20. The number of anilines is 1. The lowest BCUT2D eigenvalue weighted by molar-refractivity contribution is -0.113. The standard InChI is InChI=1S/C16H21N5O3S/c1-11(2)9-21-16(18-19-20-21)25-10-15(22)17-12-4-5-13-14(8-12)24-7-3-6-23-13/h4-5,8,11H,3,6-7,9-10H2,1-2H3,(H,17,22). The van der Waals surface area contributed by atoms with Gasteiger partial charge in [0.25, 0.3) is 0 Å². The molecule has 0 atom stereocenters. The van der Waals surface area contributed by atoms with E-state index in [9.17, 15) is 4.79 Å². The first kappa shape index (κ1) is 17.5. The molecule has 0 spiro atoms. The van der Waals surface area contributed by atoms with Crippen molar-refractivity contribution < 1.29 is 14.3 Å². The molecule has 25 heavy (non-hydrogen) atoms. The average molecular weight is 363 g/mol. The highest BCUT2D eigenvalue weighted by Crippen LogP contribution is 2.32. The molecule has 1 aromatic carbocycles. The molecule has 134 valence electrons. The zero-order chi connectivity index (χ0) is 17.6. The number of ether oxygens (including phenoxy) is 2. The minimum absolute atomic E-state index is 0.126. The average Bonchev–Trinajstić information content (AvgIpc) is 2.87. The molecule has 8 nitrogen and oxygen atoms in total. The van der Waals surface area contributed by atoms with E-state index in [1.54, 1.807) is 16.8 Å². The van der Waals surface area contributed by atoms with Crippen molar-refractivity contribution in [2.45, 2.75) is 32.0 Å². The van der Waals surface area contributed by atoms with Crippen LogP contribution in [0, 0.1) is 5.92 Å². The molecule has 2 heterocycles. The molecule has 0 radical (unpaired) electrons. The van der Waals surface area contributed by atoms with Gasteiger partial charge in [-0.15, -0.1) is 5.10 Å². The summed E-state index contributed by atoms with van der Waals surface area (Å²) in [7, 11) is 0. The van der Waals surface area contributed by atoms with Crippen LogP contribution in [0.4, 0.5) is 5.69 Å².